The topological polar surface area (TPSA) is 73.1 Å². The first kappa shape index (κ1) is 18.1. The lowest BCUT2D eigenvalue weighted by molar-refractivity contribution is 0.267. The molecule has 4 aromatic rings. The molecule has 0 amide bonds. The highest BCUT2D eigenvalue weighted by Crippen LogP contribution is 2.35. The summed E-state index contributed by atoms with van der Waals surface area (Å²) in [5.74, 6) is 0.648. The molecular formula is C22H22N4O2. The van der Waals surface area contributed by atoms with Crippen molar-refractivity contribution in [2.45, 2.75) is 27.0 Å². The van der Waals surface area contributed by atoms with E-state index in [1.54, 1.807) is 6.33 Å². The van der Waals surface area contributed by atoms with Crippen LogP contribution in [0.4, 0.5) is 0 Å². The molecule has 2 aromatic carbocycles. The number of benzene rings is 2. The molecule has 0 unspecified atom stereocenters. The molecule has 0 aliphatic rings. The van der Waals surface area contributed by atoms with Gasteiger partial charge in [0, 0.05) is 40.9 Å². The van der Waals surface area contributed by atoms with Crippen LogP contribution in [0.15, 0.2) is 55.0 Å². The van der Waals surface area contributed by atoms with Gasteiger partial charge in [-0.05, 0) is 19.9 Å². The van der Waals surface area contributed by atoms with Crippen LogP contribution in [0.1, 0.15) is 19.4 Å². The van der Waals surface area contributed by atoms with Gasteiger partial charge in [-0.15, -0.1) is 0 Å². The van der Waals surface area contributed by atoms with Gasteiger partial charge in [0.2, 0.25) is 0 Å². The normalized spacial score (nSPS) is 11.1. The Balaban J connectivity index is 1.96. The molecule has 28 heavy (non-hydrogen) atoms. The largest absolute Gasteiger partial charge is 0.493 e. The van der Waals surface area contributed by atoms with Crippen LogP contribution in [0.3, 0.4) is 0 Å². The zero-order valence-electron chi connectivity index (χ0n) is 16.0. The van der Waals surface area contributed by atoms with E-state index in [0.717, 1.165) is 45.5 Å². The number of fused-ring (bicyclic) bond motifs is 1. The third kappa shape index (κ3) is 3.23. The van der Waals surface area contributed by atoms with Crippen molar-refractivity contribution in [3.8, 4) is 28.3 Å². The van der Waals surface area contributed by atoms with Gasteiger partial charge in [-0.3, -0.25) is 4.68 Å². The standard InChI is InChI=1S/C22H22N4O2/c1-3-26-12-18(21(25-26)15-8-6-5-7-9-15)22-17-10-16(13-27)20(28-4-2)11-19(17)23-14-24-22/h5-12,14,27H,3-4,13H2,1-2H3. The second-order valence-electron chi connectivity index (χ2n) is 6.40. The van der Waals surface area contributed by atoms with Crippen LogP contribution < -0.4 is 4.74 Å². The van der Waals surface area contributed by atoms with Crippen LogP contribution in [-0.2, 0) is 13.2 Å². The summed E-state index contributed by atoms with van der Waals surface area (Å²) in [6, 6.07) is 13.8. The van der Waals surface area contributed by atoms with E-state index in [1.165, 1.54) is 0 Å². The highest BCUT2D eigenvalue weighted by molar-refractivity contribution is 5.96. The third-order valence-electron chi connectivity index (χ3n) is 4.68. The molecule has 0 fully saturated rings. The first-order valence-corrected chi connectivity index (χ1v) is 9.39. The lowest BCUT2D eigenvalue weighted by Gasteiger charge is -2.12. The number of aliphatic hydroxyl groups is 1. The van der Waals surface area contributed by atoms with Crippen molar-refractivity contribution in [2.75, 3.05) is 6.61 Å². The summed E-state index contributed by atoms with van der Waals surface area (Å²) in [6.45, 7) is 5.15. The van der Waals surface area contributed by atoms with Crippen molar-refractivity contribution in [1.82, 2.24) is 19.7 Å². The second kappa shape index (κ2) is 7.78. The van der Waals surface area contributed by atoms with Crippen LogP contribution in [0, 0.1) is 0 Å². The highest BCUT2D eigenvalue weighted by atomic mass is 16.5. The number of aryl methyl sites for hydroxylation is 1. The predicted octanol–water partition coefficient (Wildman–Crippen LogP) is 4.07. The lowest BCUT2D eigenvalue weighted by Crippen LogP contribution is -1.99. The molecule has 0 bridgehead atoms. The Kier molecular flexibility index (Phi) is 5.04. The fourth-order valence-corrected chi connectivity index (χ4v) is 3.32. The molecule has 0 saturated heterocycles. The minimum absolute atomic E-state index is 0.112. The molecule has 142 valence electrons. The first-order valence-electron chi connectivity index (χ1n) is 9.39. The second-order valence-corrected chi connectivity index (χ2v) is 6.40. The third-order valence-corrected chi connectivity index (χ3v) is 4.68. The van der Waals surface area contributed by atoms with Gasteiger partial charge >= 0.3 is 0 Å². The Labute approximate surface area is 163 Å². The molecule has 0 saturated carbocycles. The molecule has 0 radical (unpaired) electrons. The first-order chi connectivity index (χ1) is 13.7. The van der Waals surface area contributed by atoms with E-state index in [0.29, 0.717) is 12.4 Å². The Morgan fingerprint density at radius 1 is 1.04 bits per heavy atom. The van der Waals surface area contributed by atoms with Crippen LogP contribution in [-0.4, -0.2) is 31.5 Å². The zero-order valence-corrected chi connectivity index (χ0v) is 16.0. The average molecular weight is 374 g/mol. The molecule has 0 aliphatic heterocycles. The Bertz CT molecular complexity index is 1110. The van der Waals surface area contributed by atoms with Crippen molar-refractivity contribution in [2.24, 2.45) is 0 Å². The molecule has 4 rings (SSSR count). The molecule has 1 N–H and O–H groups in total. The van der Waals surface area contributed by atoms with E-state index < -0.39 is 0 Å². The summed E-state index contributed by atoms with van der Waals surface area (Å²) in [6.07, 6.45) is 3.57. The van der Waals surface area contributed by atoms with Crippen LogP contribution in [0.2, 0.25) is 0 Å². The minimum atomic E-state index is -0.112. The van der Waals surface area contributed by atoms with E-state index in [2.05, 4.69) is 16.9 Å². The fourth-order valence-electron chi connectivity index (χ4n) is 3.32. The predicted molar refractivity (Wildman–Crippen MR) is 109 cm³/mol. The lowest BCUT2D eigenvalue weighted by atomic mass is 10.0. The zero-order chi connectivity index (χ0) is 19.5. The molecule has 2 aromatic heterocycles. The summed E-state index contributed by atoms with van der Waals surface area (Å²) in [4.78, 5) is 8.99. The van der Waals surface area contributed by atoms with Gasteiger partial charge in [0.05, 0.1) is 24.4 Å². The number of aromatic nitrogens is 4. The SMILES string of the molecule is CCOc1cc2ncnc(-c3cn(CC)nc3-c3ccccc3)c2cc1CO. The molecule has 0 aliphatic carbocycles. The monoisotopic (exact) mass is 374 g/mol. The maximum absolute atomic E-state index is 9.80. The average Bonchev–Trinajstić information content (AvgIpc) is 3.18. The Morgan fingerprint density at radius 3 is 2.57 bits per heavy atom. The van der Waals surface area contributed by atoms with Crippen LogP contribution in [0.5, 0.6) is 5.75 Å². The highest BCUT2D eigenvalue weighted by Gasteiger charge is 2.18. The number of rotatable bonds is 6. The van der Waals surface area contributed by atoms with E-state index >= 15 is 0 Å². The van der Waals surface area contributed by atoms with Gasteiger partial charge in [-0.2, -0.15) is 5.10 Å². The summed E-state index contributed by atoms with van der Waals surface area (Å²) >= 11 is 0. The van der Waals surface area contributed by atoms with Crippen molar-refractivity contribution in [3.05, 3.63) is 60.6 Å². The van der Waals surface area contributed by atoms with E-state index in [-0.39, 0.29) is 6.61 Å². The van der Waals surface area contributed by atoms with Gasteiger partial charge < -0.3 is 9.84 Å². The fraction of sp³-hybridized carbons (Fsp3) is 0.227. The molecule has 0 atom stereocenters. The summed E-state index contributed by atoms with van der Waals surface area (Å²) in [7, 11) is 0. The van der Waals surface area contributed by atoms with Gasteiger partial charge in [0.25, 0.3) is 0 Å². The van der Waals surface area contributed by atoms with Gasteiger partial charge in [-0.25, -0.2) is 9.97 Å². The number of hydrogen-bond acceptors (Lipinski definition) is 5. The van der Waals surface area contributed by atoms with Crippen molar-refractivity contribution in [3.63, 3.8) is 0 Å². The molecule has 0 spiro atoms. The Hall–Kier alpha value is -3.25. The number of aliphatic hydroxyl groups excluding tert-OH is 1. The summed E-state index contributed by atoms with van der Waals surface area (Å²) in [5.41, 5.74) is 5.13. The minimum Gasteiger partial charge on any atom is -0.493 e. The maximum Gasteiger partial charge on any atom is 0.126 e. The number of ether oxygens (including phenoxy) is 1. The Morgan fingerprint density at radius 2 is 1.86 bits per heavy atom. The summed E-state index contributed by atoms with van der Waals surface area (Å²) in [5, 5.41) is 15.4. The van der Waals surface area contributed by atoms with E-state index in [1.807, 2.05) is 60.3 Å². The van der Waals surface area contributed by atoms with Gasteiger partial charge in [0.15, 0.2) is 0 Å². The maximum atomic E-state index is 9.80. The van der Waals surface area contributed by atoms with Crippen LogP contribution in [0.25, 0.3) is 33.4 Å². The number of nitrogens with zero attached hydrogens (tertiary/aromatic N) is 4. The van der Waals surface area contributed by atoms with E-state index in [9.17, 15) is 5.11 Å². The molecule has 6 nitrogen and oxygen atoms in total. The molecule has 2 heterocycles. The van der Waals surface area contributed by atoms with Gasteiger partial charge in [0.1, 0.15) is 17.8 Å². The van der Waals surface area contributed by atoms with Crippen molar-refractivity contribution < 1.29 is 9.84 Å². The number of hydrogen-bond donors (Lipinski definition) is 1. The van der Waals surface area contributed by atoms with Crippen molar-refractivity contribution in [1.29, 1.82) is 0 Å². The van der Waals surface area contributed by atoms with Gasteiger partial charge in [-0.1, -0.05) is 30.3 Å². The van der Waals surface area contributed by atoms with E-state index in [4.69, 9.17) is 9.84 Å². The molecular weight excluding hydrogens is 352 g/mol. The quantitative estimate of drug-likeness (QED) is 0.551. The summed E-state index contributed by atoms with van der Waals surface area (Å²) < 4.78 is 7.57. The smallest absolute Gasteiger partial charge is 0.126 e. The van der Waals surface area contributed by atoms with Crippen LogP contribution >= 0.6 is 0 Å². The molecule has 6 heteroatoms. The van der Waals surface area contributed by atoms with Crippen molar-refractivity contribution >= 4 is 10.9 Å².